The van der Waals surface area contributed by atoms with Crippen molar-refractivity contribution in [3.63, 3.8) is 0 Å². The number of nitrogens with one attached hydrogen (secondary N) is 1. The van der Waals surface area contributed by atoms with Crippen molar-refractivity contribution < 1.29 is 19.1 Å². The lowest BCUT2D eigenvalue weighted by atomic mass is 9.74. The SMILES string of the molecule is Cc1cc2c(o1)CC(C)(C)CC2NC(=O)Cn1cc(C(=O)O)cn1. The standard InChI is InChI=1S/C17H21N3O4/c1-10-4-12-13(5-17(2,3)6-14(12)24-10)19-15(21)9-20-8-11(7-18-20)16(22)23/h4,7-8,13H,5-6,9H2,1-3H3,(H,19,21)(H,22,23). The van der Waals surface area contributed by atoms with Crippen molar-refractivity contribution in [1.82, 2.24) is 15.1 Å². The summed E-state index contributed by atoms with van der Waals surface area (Å²) < 4.78 is 7.09. The molecule has 0 bridgehead atoms. The molecule has 1 aliphatic carbocycles. The molecule has 0 saturated heterocycles. The molecular formula is C17H21N3O4. The van der Waals surface area contributed by atoms with E-state index in [4.69, 9.17) is 9.52 Å². The average Bonchev–Trinajstić information content (AvgIpc) is 3.03. The topological polar surface area (TPSA) is 97.4 Å². The summed E-state index contributed by atoms with van der Waals surface area (Å²) in [5.41, 5.74) is 1.14. The van der Waals surface area contributed by atoms with Gasteiger partial charge in [0.15, 0.2) is 0 Å². The van der Waals surface area contributed by atoms with E-state index in [0.29, 0.717) is 0 Å². The molecule has 1 atom stereocenters. The van der Waals surface area contributed by atoms with Gasteiger partial charge in [-0.05, 0) is 24.8 Å². The van der Waals surface area contributed by atoms with Gasteiger partial charge in [-0.2, -0.15) is 5.10 Å². The third-order valence-corrected chi connectivity index (χ3v) is 4.26. The molecule has 7 heteroatoms. The van der Waals surface area contributed by atoms with E-state index in [1.807, 2.05) is 13.0 Å². The number of carboxylic acid groups (broad SMARTS) is 1. The fourth-order valence-corrected chi connectivity index (χ4v) is 3.26. The van der Waals surface area contributed by atoms with Gasteiger partial charge >= 0.3 is 5.97 Å². The quantitative estimate of drug-likeness (QED) is 0.896. The molecule has 2 N–H and O–H groups in total. The molecule has 0 aromatic carbocycles. The van der Waals surface area contributed by atoms with Crippen LogP contribution >= 0.6 is 0 Å². The lowest BCUT2D eigenvalue weighted by Gasteiger charge is -2.34. The highest BCUT2D eigenvalue weighted by molar-refractivity contribution is 5.87. The largest absolute Gasteiger partial charge is 0.478 e. The first-order valence-electron chi connectivity index (χ1n) is 7.88. The van der Waals surface area contributed by atoms with Gasteiger partial charge in [0.25, 0.3) is 0 Å². The second-order valence-corrected chi connectivity index (χ2v) is 7.13. The van der Waals surface area contributed by atoms with Crippen LogP contribution in [0, 0.1) is 12.3 Å². The van der Waals surface area contributed by atoms with Gasteiger partial charge in [0.2, 0.25) is 5.91 Å². The number of rotatable bonds is 4. The van der Waals surface area contributed by atoms with Gasteiger partial charge in [-0.25, -0.2) is 4.79 Å². The van der Waals surface area contributed by atoms with E-state index in [9.17, 15) is 9.59 Å². The number of nitrogens with zero attached hydrogens (tertiary/aromatic N) is 2. The minimum absolute atomic E-state index is 0.0175. The van der Waals surface area contributed by atoms with Crippen LogP contribution in [0.3, 0.4) is 0 Å². The predicted molar refractivity (Wildman–Crippen MR) is 85.6 cm³/mol. The zero-order chi connectivity index (χ0) is 17.5. The van der Waals surface area contributed by atoms with Crippen LogP contribution in [-0.2, 0) is 17.8 Å². The number of hydrogen-bond acceptors (Lipinski definition) is 4. The first-order chi connectivity index (χ1) is 11.2. The number of amides is 1. The van der Waals surface area contributed by atoms with Crippen molar-refractivity contribution in [1.29, 1.82) is 0 Å². The van der Waals surface area contributed by atoms with E-state index in [1.54, 1.807) is 0 Å². The van der Waals surface area contributed by atoms with Crippen LogP contribution in [0.5, 0.6) is 0 Å². The lowest BCUT2D eigenvalue weighted by molar-refractivity contribution is -0.122. The second-order valence-electron chi connectivity index (χ2n) is 7.13. The predicted octanol–water partition coefficient (Wildman–Crippen LogP) is 2.31. The van der Waals surface area contributed by atoms with Gasteiger partial charge < -0.3 is 14.8 Å². The number of fused-ring (bicyclic) bond motifs is 1. The Morgan fingerprint density at radius 2 is 2.25 bits per heavy atom. The van der Waals surface area contributed by atoms with E-state index in [-0.39, 0.29) is 29.5 Å². The molecule has 1 amide bonds. The third kappa shape index (κ3) is 3.34. The van der Waals surface area contributed by atoms with Crippen LogP contribution in [0.2, 0.25) is 0 Å². The van der Waals surface area contributed by atoms with Crippen molar-refractivity contribution in [2.45, 2.75) is 46.2 Å². The maximum atomic E-state index is 12.3. The van der Waals surface area contributed by atoms with E-state index >= 15 is 0 Å². The number of aryl methyl sites for hydroxylation is 1. The van der Waals surface area contributed by atoms with Crippen molar-refractivity contribution in [3.8, 4) is 0 Å². The van der Waals surface area contributed by atoms with Gasteiger partial charge in [0.05, 0.1) is 17.8 Å². The zero-order valence-corrected chi connectivity index (χ0v) is 14.0. The summed E-state index contributed by atoms with van der Waals surface area (Å²) in [6.45, 7) is 6.19. The minimum Gasteiger partial charge on any atom is -0.478 e. The Hall–Kier alpha value is -2.57. The Morgan fingerprint density at radius 1 is 1.50 bits per heavy atom. The summed E-state index contributed by atoms with van der Waals surface area (Å²) in [5.74, 6) is 0.508. The van der Waals surface area contributed by atoms with E-state index < -0.39 is 5.97 Å². The second kappa shape index (κ2) is 5.81. The Bertz CT molecular complexity index is 788. The van der Waals surface area contributed by atoms with E-state index in [0.717, 1.165) is 29.9 Å². The van der Waals surface area contributed by atoms with Crippen LogP contribution in [0.4, 0.5) is 0 Å². The molecule has 0 saturated carbocycles. The maximum Gasteiger partial charge on any atom is 0.338 e. The molecule has 0 fully saturated rings. The summed E-state index contributed by atoms with van der Waals surface area (Å²) in [5, 5.41) is 15.8. The molecule has 3 rings (SSSR count). The summed E-state index contributed by atoms with van der Waals surface area (Å²) in [6.07, 6.45) is 4.25. The van der Waals surface area contributed by atoms with E-state index in [2.05, 4.69) is 24.3 Å². The number of carbonyl (C=O) groups is 2. The monoisotopic (exact) mass is 331 g/mol. The zero-order valence-electron chi connectivity index (χ0n) is 14.0. The fourth-order valence-electron chi connectivity index (χ4n) is 3.26. The number of aromatic carboxylic acids is 1. The fraction of sp³-hybridized carbons (Fsp3) is 0.471. The molecule has 2 aromatic heterocycles. The van der Waals surface area contributed by atoms with Gasteiger partial charge in [-0.1, -0.05) is 13.8 Å². The van der Waals surface area contributed by atoms with Crippen LogP contribution in [-0.4, -0.2) is 26.8 Å². The molecule has 0 spiro atoms. The molecule has 7 nitrogen and oxygen atoms in total. The van der Waals surface area contributed by atoms with Crippen molar-refractivity contribution in [3.05, 3.63) is 41.1 Å². The number of furan rings is 1. The van der Waals surface area contributed by atoms with Crippen LogP contribution in [0.15, 0.2) is 22.9 Å². The molecule has 0 radical (unpaired) electrons. The molecule has 2 heterocycles. The highest BCUT2D eigenvalue weighted by Gasteiger charge is 2.35. The normalized spacial score (nSPS) is 18.9. The Kier molecular flexibility index (Phi) is 3.95. The molecule has 1 unspecified atom stereocenters. The summed E-state index contributed by atoms with van der Waals surface area (Å²) in [7, 11) is 0. The van der Waals surface area contributed by atoms with Gasteiger partial charge in [0, 0.05) is 18.2 Å². The Morgan fingerprint density at radius 3 is 2.92 bits per heavy atom. The highest BCUT2D eigenvalue weighted by atomic mass is 16.4. The van der Waals surface area contributed by atoms with Crippen molar-refractivity contribution in [2.24, 2.45) is 5.41 Å². The maximum absolute atomic E-state index is 12.3. The molecular weight excluding hydrogens is 310 g/mol. The summed E-state index contributed by atoms with van der Waals surface area (Å²) >= 11 is 0. The molecule has 2 aromatic rings. The number of hydrogen-bond donors (Lipinski definition) is 2. The molecule has 0 aliphatic heterocycles. The Labute approximate surface area is 139 Å². The number of aromatic nitrogens is 2. The molecule has 24 heavy (non-hydrogen) atoms. The highest BCUT2D eigenvalue weighted by Crippen LogP contribution is 2.41. The van der Waals surface area contributed by atoms with Gasteiger partial charge in [-0.15, -0.1) is 0 Å². The molecule has 1 aliphatic rings. The Balaban J connectivity index is 1.72. The first kappa shape index (κ1) is 16.3. The number of carbonyl (C=O) groups excluding carboxylic acids is 1. The van der Waals surface area contributed by atoms with E-state index in [1.165, 1.54) is 17.1 Å². The van der Waals surface area contributed by atoms with Crippen LogP contribution < -0.4 is 5.32 Å². The summed E-state index contributed by atoms with van der Waals surface area (Å²) in [6, 6.07) is 1.87. The first-order valence-corrected chi connectivity index (χ1v) is 7.88. The smallest absolute Gasteiger partial charge is 0.338 e. The van der Waals surface area contributed by atoms with Crippen LogP contribution in [0.25, 0.3) is 0 Å². The molecule has 128 valence electrons. The summed E-state index contributed by atoms with van der Waals surface area (Å²) in [4.78, 5) is 23.2. The minimum atomic E-state index is -1.06. The van der Waals surface area contributed by atoms with Gasteiger partial charge in [0.1, 0.15) is 18.1 Å². The number of carboxylic acids is 1. The van der Waals surface area contributed by atoms with Crippen LogP contribution in [0.1, 0.15) is 53.8 Å². The average molecular weight is 331 g/mol. The third-order valence-electron chi connectivity index (χ3n) is 4.26. The van der Waals surface area contributed by atoms with Crippen molar-refractivity contribution in [2.75, 3.05) is 0 Å². The lowest BCUT2D eigenvalue weighted by Crippen LogP contribution is -2.37. The van der Waals surface area contributed by atoms with Crippen molar-refractivity contribution >= 4 is 11.9 Å². The van der Waals surface area contributed by atoms with Gasteiger partial charge in [-0.3, -0.25) is 9.48 Å².